The average molecular weight is 321 g/mol. The number of aromatic nitrogens is 4. The van der Waals surface area contributed by atoms with Gasteiger partial charge in [-0.15, -0.1) is 0 Å². The van der Waals surface area contributed by atoms with Crippen molar-refractivity contribution >= 4 is 17.0 Å². The molecule has 4 rings (SSSR count). The van der Waals surface area contributed by atoms with E-state index in [9.17, 15) is 15.3 Å². The molecular weight excluding hydrogens is 302 g/mol. The van der Waals surface area contributed by atoms with Crippen LogP contribution in [0.3, 0.4) is 0 Å². The second-order valence-electron chi connectivity index (χ2n) is 7.04. The molecule has 1 saturated heterocycles. The van der Waals surface area contributed by atoms with Gasteiger partial charge >= 0.3 is 0 Å². The lowest BCUT2D eigenvalue weighted by atomic mass is 9.91. The SMILES string of the molecule is CC1(C)[C@]2(O)[C@@](C)(CO)O[C@@H](n3cnc4c(N)ncnc43)[C@]12O. The molecule has 9 heteroatoms. The summed E-state index contributed by atoms with van der Waals surface area (Å²) in [4.78, 5) is 12.2. The van der Waals surface area contributed by atoms with Crippen LogP contribution in [0, 0.1) is 5.41 Å². The van der Waals surface area contributed by atoms with Crippen molar-refractivity contribution in [1.29, 1.82) is 0 Å². The zero-order valence-electron chi connectivity index (χ0n) is 13.1. The normalized spacial score (nSPS) is 41.2. The summed E-state index contributed by atoms with van der Waals surface area (Å²) < 4.78 is 7.39. The standard InChI is InChI=1S/C14H19N5O4/c1-11(2)13(21)10(23-12(3,4-20)14(11,13)22)19-6-18-7-8(15)16-5-17-9(7)19/h5-6,10,20-22H,4H2,1-3H3,(H2,15,16,17)/t10-,12-,13+,14+/m1/s1. The summed E-state index contributed by atoms with van der Waals surface area (Å²) in [6.07, 6.45) is 1.78. The third-order valence-electron chi connectivity index (χ3n) is 5.78. The average Bonchev–Trinajstić information content (AvgIpc) is 2.86. The topological polar surface area (TPSA) is 140 Å². The van der Waals surface area contributed by atoms with E-state index in [1.807, 2.05) is 0 Å². The van der Waals surface area contributed by atoms with Gasteiger partial charge in [0.25, 0.3) is 0 Å². The molecule has 23 heavy (non-hydrogen) atoms. The highest BCUT2D eigenvalue weighted by Gasteiger charge is 2.95. The Labute approximate surface area is 131 Å². The molecule has 0 aromatic carbocycles. The van der Waals surface area contributed by atoms with E-state index in [4.69, 9.17) is 10.5 Å². The van der Waals surface area contributed by atoms with Gasteiger partial charge in [-0.25, -0.2) is 15.0 Å². The summed E-state index contributed by atoms with van der Waals surface area (Å²) in [6.45, 7) is 4.61. The predicted molar refractivity (Wildman–Crippen MR) is 79.0 cm³/mol. The molecule has 1 aliphatic heterocycles. The number of imidazole rings is 1. The summed E-state index contributed by atoms with van der Waals surface area (Å²) in [7, 11) is 0. The van der Waals surface area contributed by atoms with Gasteiger partial charge in [0.15, 0.2) is 17.7 Å². The highest BCUT2D eigenvalue weighted by Crippen LogP contribution is 2.78. The maximum absolute atomic E-state index is 11.2. The maximum atomic E-state index is 11.2. The first kappa shape index (κ1) is 14.8. The minimum atomic E-state index is -1.60. The molecule has 5 N–H and O–H groups in total. The fraction of sp³-hybridized carbons (Fsp3) is 0.643. The van der Waals surface area contributed by atoms with Crippen molar-refractivity contribution in [3.63, 3.8) is 0 Å². The molecule has 2 aromatic heterocycles. The first-order valence-electron chi connectivity index (χ1n) is 7.32. The van der Waals surface area contributed by atoms with Crippen LogP contribution in [0.5, 0.6) is 0 Å². The molecule has 1 saturated carbocycles. The Morgan fingerprint density at radius 1 is 1.26 bits per heavy atom. The first-order valence-corrected chi connectivity index (χ1v) is 7.32. The van der Waals surface area contributed by atoms with Crippen molar-refractivity contribution in [2.75, 3.05) is 12.3 Å². The van der Waals surface area contributed by atoms with E-state index >= 15 is 0 Å². The van der Waals surface area contributed by atoms with Crippen molar-refractivity contribution in [2.45, 2.75) is 43.8 Å². The van der Waals surface area contributed by atoms with Gasteiger partial charge in [0.2, 0.25) is 0 Å². The number of aliphatic hydroxyl groups is 3. The molecule has 0 bridgehead atoms. The van der Waals surface area contributed by atoms with Crippen molar-refractivity contribution < 1.29 is 20.1 Å². The predicted octanol–water partition coefficient (Wildman–Crippen LogP) is -0.810. The second kappa shape index (κ2) is 3.81. The van der Waals surface area contributed by atoms with E-state index in [1.165, 1.54) is 17.2 Å². The Hall–Kier alpha value is -1.81. The number of rotatable bonds is 2. The molecule has 2 aromatic rings. The largest absolute Gasteiger partial charge is 0.393 e. The smallest absolute Gasteiger partial charge is 0.170 e. The third-order valence-corrected chi connectivity index (χ3v) is 5.78. The maximum Gasteiger partial charge on any atom is 0.170 e. The Kier molecular flexibility index (Phi) is 2.44. The Morgan fingerprint density at radius 3 is 2.57 bits per heavy atom. The fourth-order valence-corrected chi connectivity index (χ4v) is 4.28. The molecule has 0 spiro atoms. The number of ether oxygens (including phenoxy) is 1. The summed E-state index contributed by atoms with van der Waals surface area (Å²) >= 11 is 0. The number of aliphatic hydroxyl groups excluding tert-OH is 1. The molecule has 1 aliphatic carbocycles. The molecule has 2 fully saturated rings. The van der Waals surface area contributed by atoms with Gasteiger partial charge in [0.05, 0.1) is 12.9 Å². The van der Waals surface area contributed by atoms with Gasteiger partial charge in [0, 0.05) is 5.41 Å². The van der Waals surface area contributed by atoms with Crippen molar-refractivity contribution in [2.24, 2.45) is 5.41 Å². The molecule has 0 unspecified atom stereocenters. The molecular formula is C14H19N5O4. The minimum Gasteiger partial charge on any atom is -0.393 e. The van der Waals surface area contributed by atoms with Gasteiger partial charge in [-0.1, -0.05) is 13.8 Å². The molecule has 9 nitrogen and oxygen atoms in total. The summed E-state index contributed by atoms with van der Waals surface area (Å²) in [5, 5.41) is 32.0. The van der Waals surface area contributed by atoms with Gasteiger partial charge in [-0.2, -0.15) is 0 Å². The van der Waals surface area contributed by atoms with Crippen LogP contribution in [0.1, 0.15) is 27.0 Å². The van der Waals surface area contributed by atoms with Crippen molar-refractivity contribution in [3.8, 4) is 0 Å². The van der Waals surface area contributed by atoms with Crippen LogP contribution in [-0.4, -0.2) is 58.2 Å². The van der Waals surface area contributed by atoms with Crippen LogP contribution in [0.2, 0.25) is 0 Å². The Morgan fingerprint density at radius 2 is 1.96 bits per heavy atom. The van der Waals surface area contributed by atoms with Crippen molar-refractivity contribution in [1.82, 2.24) is 19.5 Å². The lowest BCUT2D eigenvalue weighted by molar-refractivity contribution is -0.177. The number of anilines is 1. The summed E-state index contributed by atoms with van der Waals surface area (Å²) in [5.41, 5.74) is 1.18. The first-order chi connectivity index (χ1) is 10.7. The summed E-state index contributed by atoms with van der Waals surface area (Å²) in [6, 6.07) is 0. The molecule has 4 atom stereocenters. The molecule has 2 aliphatic rings. The van der Waals surface area contributed by atoms with Crippen LogP contribution in [0.25, 0.3) is 11.2 Å². The highest BCUT2D eigenvalue weighted by molar-refractivity contribution is 5.81. The zero-order valence-corrected chi connectivity index (χ0v) is 13.1. The summed E-state index contributed by atoms with van der Waals surface area (Å²) in [5.74, 6) is 0.217. The van der Waals surface area contributed by atoms with Crippen LogP contribution < -0.4 is 5.73 Å². The minimum absolute atomic E-state index is 0.217. The molecule has 124 valence electrons. The number of fused-ring (bicyclic) bond motifs is 2. The molecule has 0 radical (unpaired) electrons. The van der Waals surface area contributed by atoms with Crippen LogP contribution in [0.15, 0.2) is 12.7 Å². The van der Waals surface area contributed by atoms with Gasteiger partial charge < -0.3 is 25.8 Å². The second-order valence-corrected chi connectivity index (χ2v) is 7.04. The van der Waals surface area contributed by atoms with E-state index in [0.29, 0.717) is 11.2 Å². The third kappa shape index (κ3) is 1.25. The Bertz CT molecular complexity index is 823. The zero-order chi connectivity index (χ0) is 16.8. The molecule has 0 amide bonds. The number of nitrogen functional groups attached to an aromatic ring is 1. The number of nitrogens with zero attached hydrogens (tertiary/aromatic N) is 4. The number of hydrogen-bond donors (Lipinski definition) is 4. The van der Waals surface area contributed by atoms with E-state index in [0.717, 1.165) is 0 Å². The monoisotopic (exact) mass is 321 g/mol. The van der Waals surface area contributed by atoms with E-state index < -0.39 is 35.1 Å². The van der Waals surface area contributed by atoms with Crippen molar-refractivity contribution in [3.05, 3.63) is 12.7 Å². The van der Waals surface area contributed by atoms with Crippen LogP contribution in [-0.2, 0) is 4.74 Å². The Balaban J connectivity index is 1.92. The lowest BCUT2D eigenvalue weighted by Gasteiger charge is -2.34. The van der Waals surface area contributed by atoms with Gasteiger partial charge in [0.1, 0.15) is 28.6 Å². The number of nitrogens with two attached hydrogens (primary N) is 1. The van der Waals surface area contributed by atoms with E-state index in [-0.39, 0.29) is 5.82 Å². The fourth-order valence-electron chi connectivity index (χ4n) is 4.28. The van der Waals surface area contributed by atoms with E-state index in [1.54, 1.807) is 20.8 Å². The molecule has 3 heterocycles. The lowest BCUT2D eigenvalue weighted by Crippen LogP contribution is -2.48. The van der Waals surface area contributed by atoms with Crippen LogP contribution in [0.4, 0.5) is 5.82 Å². The van der Waals surface area contributed by atoms with Crippen LogP contribution >= 0.6 is 0 Å². The van der Waals surface area contributed by atoms with Gasteiger partial charge in [-0.3, -0.25) is 4.57 Å². The quantitative estimate of drug-likeness (QED) is 0.563. The van der Waals surface area contributed by atoms with Gasteiger partial charge in [-0.05, 0) is 6.92 Å². The van der Waals surface area contributed by atoms with E-state index in [2.05, 4.69) is 15.0 Å². The number of hydrogen-bond acceptors (Lipinski definition) is 8. The highest BCUT2D eigenvalue weighted by atomic mass is 16.6.